The van der Waals surface area contributed by atoms with Gasteiger partial charge in [-0.25, -0.2) is 4.98 Å². The third-order valence-electron chi connectivity index (χ3n) is 5.05. The Morgan fingerprint density at radius 2 is 1.87 bits per heavy atom. The van der Waals surface area contributed by atoms with Crippen LogP contribution in [0.15, 0.2) is 47.8 Å². The molecule has 3 aromatic rings. The second-order valence-electron chi connectivity index (χ2n) is 7.44. The van der Waals surface area contributed by atoms with Crippen LogP contribution in [0.25, 0.3) is 10.6 Å². The molecule has 1 aromatic heterocycles. The first kappa shape index (κ1) is 22.8. The second kappa shape index (κ2) is 10.4. The summed E-state index contributed by atoms with van der Waals surface area (Å²) in [6, 6.07) is 13.7. The van der Waals surface area contributed by atoms with Gasteiger partial charge in [0.05, 0.1) is 20.8 Å². The average Bonchev–Trinajstić information content (AvgIpc) is 3.28. The Labute approximate surface area is 187 Å². The molecule has 6 nitrogen and oxygen atoms in total. The summed E-state index contributed by atoms with van der Waals surface area (Å²) in [6.45, 7) is 4.63. The van der Waals surface area contributed by atoms with Crippen LogP contribution in [0, 0.1) is 0 Å². The molecule has 0 bridgehead atoms. The second-order valence-corrected chi connectivity index (χ2v) is 8.30. The van der Waals surface area contributed by atoms with Crippen LogP contribution in [-0.4, -0.2) is 48.3 Å². The number of aromatic nitrogens is 1. The fourth-order valence-corrected chi connectivity index (χ4v) is 4.06. The summed E-state index contributed by atoms with van der Waals surface area (Å²) in [6.07, 6.45) is 0. The zero-order valence-corrected chi connectivity index (χ0v) is 19.1. The predicted molar refractivity (Wildman–Crippen MR) is 123 cm³/mol. The maximum atomic E-state index is 13.2. The van der Waals surface area contributed by atoms with Crippen molar-refractivity contribution in [3.05, 3.63) is 64.7 Å². The number of benzene rings is 2. The van der Waals surface area contributed by atoms with Crippen molar-refractivity contribution in [1.82, 2.24) is 9.88 Å². The maximum Gasteiger partial charge on any atom is 0.273 e. The number of thiazole rings is 1. The molecule has 7 heteroatoms. The van der Waals surface area contributed by atoms with Crippen molar-refractivity contribution in [1.29, 1.82) is 0 Å². The standard InChI is InChI=1S/C24H28N2O4S/c1-16(2)17-5-7-18(8-6-17)23-25-21(15-31-23)24(28)26(11-12-27)14-19-13-20(29-3)9-10-22(19)30-4/h5-10,13,15-16,27H,11-12,14H2,1-4H3. The topological polar surface area (TPSA) is 71.9 Å². The van der Waals surface area contributed by atoms with E-state index >= 15 is 0 Å². The van der Waals surface area contributed by atoms with E-state index in [1.807, 2.05) is 18.2 Å². The largest absolute Gasteiger partial charge is 0.497 e. The normalized spacial score (nSPS) is 10.9. The summed E-state index contributed by atoms with van der Waals surface area (Å²) >= 11 is 1.43. The Morgan fingerprint density at radius 3 is 2.48 bits per heavy atom. The van der Waals surface area contributed by atoms with E-state index in [4.69, 9.17) is 9.47 Å². The highest BCUT2D eigenvalue weighted by Crippen LogP contribution is 2.28. The van der Waals surface area contributed by atoms with Gasteiger partial charge >= 0.3 is 0 Å². The van der Waals surface area contributed by atoms with Crippen molar-refractivity contribution in [2.45, 2.75) is 26.3 Å². The predicted octanol–water partition coefficient (Wildman–Crippen LogP) is 4.59. The number of methoxy groups -OCH3 is 2. The lowest BCUT2D eigenvalue weighted by molar-refractivity contribution is 0.0701. The van der Waals surface area contributed by atoms with Crippen LogP contribution in [0.2, 0.25) is 0 Å². The summed E-state index contributed by atoms with van der Waals surface area (Å²) < 4.78 is 10.7. The molecule has 3 rings (SSSR count). The third kappa shape index (κ3) is 5.42. The van der Waals surface area contributed by atoms with Gasteiger partial charge in [0.25, 0.3) is 5.91 Å². The van der Waals surface area contributed by atoms with E-state index in [2.05, 4.69) is 31.0 Å². The van der Waals surface area contributed by atoms with Gasteiger partial charge in [0.15, 0.2) is 0 Å². The molecule has 0 radical (unpaired) electrons. The Hall–Kier alpha value is -2.90. The van der Waals surface area contributed by atoms with E-state index in [0.717, 1.165) is 16.1 Å². The number of hydrogen-bond donors (Lipinski definition) is 1. The van der Waals surface area contributed by atoms with Gasteiger partial charge in [-0.05, 0) is 29.7 Å². The van der Waals surface area contributed by atoms with E-state index < -0.39 is 0 Å². The third-order valence-corrected chi connectivity index (χ3v) is 5.94. The smallest absolute Gasteiger partial charge is 0.273 e. The minimum atomic E-state index is -0.236. The molecular weight excluding hydrogens is 412 g/mol. The van der Waals surface area contributed by atoms with Gasteiger partial charge in [0.1, 0.15) is 22.2 Å². The Morgan fingerprint density at radius 1 is 1.13 bits per heavy atom. The molecule has 1 heterocycles. The molecule has 0 aliphatic carbocycles. The first-order valence-electron chi connectivity index (χ1n) is 10.1. The lowest BCUT2D eigenvalue weighted by Crippen LogP contribution is -2.33. The van der Waals surface area contributed by atoms with Crippen molar-refractivity contribution in [3.63, 3.8) is 0 Å². The summed E-state index contributed by atoms with van der Waals surface area (Å²) in [5, 5.41) is 12.1. The summed E-state index contributed by atoms with van der Waals surface area (Å²) in [7, 11) is 3.17. The highest BCUT2D eigenvalue weighted by molar-refractivity contribution is 7.13. The SMILES string of the molecule is COc1ccc(OC)c(CN(CCO)C(=O)c2csc(-c3ccc(C(C)C)cc3)n2)c1. The van der Waals surface area contributed by atoms with E-state index in [0.29, 0.717) is 23.1 Å². The van der Waals surface area contributed by atoms with E-state index in [1.54, 1.807) is 36.6 Å². The molecule has 31 heavy (non-hydrogen) atoms. The van der Waals surface area contributed by atoms with E-state index in [9.17, 15) is 9.90 Å². The zero-order valence-electron chi connectivity index (χ0n) is 18.3. The van der Waals surface area contributed by atoms with Crippen LogP contribution in [-0.2, 0) is 6.54 Å². The molecule has 2 aromatic carbocycles. The van der Waals surface area contributed by atoms with Crippen molar-refractivity contribution < 1.29 is 19.4 Å². The lowest BCUT2D eigenvalue weighted by Gasteiger charge is -2.22. The van der Waals surface area contributed by atoms with Crippen LogP contribution in [0.4, 0.5) is 0 Å². The number of carbonyl (C=O) groups is 1. The molecule has 1 N–H and O–H groups in total. The number of rotatable bonds is 9. The number of aliphatic hydroxyl groups excluding tert-OH is 1. The van der Waals surface area contributed by atoms with Crippen LogP contribution in [0.5, 0.6) is 11.5 Å². The van der Waals surface area contributed by atoms with Gasteiger partial charge in [0, 0.05) is 29.6 Å². The van der Waals surface area contributed by atoms with Gasteiger partial charge in [-0.15, -0.1) is 11.3 Å². The van der Waals surface area contributed by atoms with Crippen LogP contribution >= 0.6 is 11.3 Å². The molecule has 0 saturated carbocycles. The number of carbonyl (C=O) groups excluding carboxylic acids is 1. The number of aliphatic hydroxyl groups is 1. The lowest BCUT2D eigenvalue weighted by atomic mass is 10.0. The van der Waals surface area contributed by atoms with Crippen LogP contribution in [0.3, 0.4) is 0 Å². The van der Waals surface area contributed by atoms with Crippen LogP contribution in [0.1, 0.15) is 41.4 Å². The monoisotopic (exact) mass is 440 g/mol. The van der Waals surface area contributed by atoms with Crippen molar-refractivity contribution in [3.8, 4) is 22.1 Å². The molecular formula is C24H28N2O4S. The van der Waals surface area contributed by atoms with E-state index in [-0.39, 0.29) is 25.6 Å². The summed E-state index contributed by atoms with van der Waals surface area (Å²) in [4.78, 5) is 19.3. The Balaban J connectivity index is 1.82. The fourth-order valence-electron chi connectivity index (χ4n) is 3.26. The Bertz CT molecular complexity index is 1010. The average molecular weight is 441 g/mol. The molecule has 0 atom stereocenters. The number of nitrogens with zero attached hydrogens (tertiary/aromatic N) is 2. The first-order chi connectivity index (χ1) is 15.0. The molecule has 0 aliphatic heterocycles. The Kier molecular flexibility index (Phi) is 7.65. The zero-order chi connectivity index (χ0) is 22.4. The van der Waals surface area contributed by atoms with Crippen molar-refractivity contribution >= 4 is 17.2 Å². The molecule has 0 fully saturated rings. The quantitative estimate of drug-likeness (QED) is 0.527. The molecule has 0 spiro atoms. The van der Waals surface area contributed by atoms with Gasteiger partial charge in [-0.3, -0.25) is 4.79 Å². The fraction of sp³-hybridized carbons (Fsp3) is 0.333. The highest BCUT2D eigenvalue weighted by atomic mass is 32.1. The minimum absolute atomic E-state index is 0.147. The molecule has 164 valence electrons. The molecule has 1 amide bonds. The highest BCUT2D eigenvalue weighted by Gasteiger charge is 2.21. The molecule has 0 aliphatic rings. The summed E-state index contributed by atoms with van der Waals surface area (Å²) in [5.74, 6) is 1.55. The van der Waals surface area contributed by atoms with Crippen LogP contribution < -0.4 is 9.47 Å². The van der Waals surface area contributed by atoms with Gasteiger partial charge in [-0.1, -0.05) is 38.1 Å². The van der Waals surface area contributed by atoms with Gasteiger partial charge < -0.3 is 19.5 Å². The molecule has 0 saturated heterocycles. The van der Waals surface area contributed by atoms with Crippen molar-refractivity contribution in [2.24, 2.45) is 0 Å². The van der Waals surface area contributed by atoms with Gasteiger partial charge in [-0.2, -0.15) is 0 Å². The minimum Gasteiger partial charge on any atom is -0.497 e. The first-order valence-corrected chi connectivity index (χ1v) is 11.0. The van der Waals surface area contributed by atoms with E-state index in [1.165, 1.54) is 16.9 Å². The number of ether oxygens (including phenoxy) is 2. The van der Waals surface area contributed by atoms with Crippen molar-refractivity contribution in [2.75, 3.05) is 27.4 Å². The van der Waals surface area contributed by atoms with Gasteiger partial charge in [0.2, 0.25) is 0 Å². The number of hydrogen-bond acceptors (Lipinski definition) is 6. The maximum absolute atomic E-state index is 13.2. The molecule has 0 unspecified atom stereocenters. The number of amides is 1. The summed E-state index contributed by atoms with van der Waals surface area (Å²) in [5.41, 5.74) is 3.40.